The topological polar surface area (TPSA) is 55.2 Å². The smallest absolute Gasteiger partial charge is 0.232 e. The molecule has 7 heteroatoms. The summed E-state index contributed by atoms with van der Waals surface area (Å²) in [4.78, 5) is 29.1. The van der Waals surface area contributed by atoms with Gasteiger partial charge in [0.1, 0.15) is 17.5 Å². The molecule has 3 aromatic carbocycles. The molecule has 0 bridgehead atoms. The van der Waals surface area contributed by atoms with Gasteiger partial charge in [0.05, 0.1) is 17.3 Å². The third-order valence-electron chi connectivity index (χ3n) is 6.95. The third-order valence-corrected chi connectivity index (χ3v) is 6.95. The molecule has 0 saturated carbocycles. The number of nitrogens with zero attached hydrogens (tertiary/aromatic N) is 3. The summed E-state index contributed by atoms with van der Waals surface area (Å²) in [5, 5.41) is 4.80. The lowest BCUT2D eigenvalue weighted by Crippen LogP contribution is -2.45. The quantitative estimate of drug-likeness (QED) is 0.299. The highest BCUT2D eigenvalue weighted by Crippen LogP contribution is 2.47. The Bertz CT molecular complexity index is 1460. The van der Waals surface area contributed by atoms with E-state index in [1.54, 1.807) is 34.7 Å². The fraction of sp³-hybridized carbons (Fsp3) is 0.233. The van der Waals surface area contributed by atoms with Gasteiger partial charge in [-0.25, -0.2) is 13.5 Å². The molecule has 0 radical (unpaired) electrons. The molecule has 4 aromatic rings. The average molecular weight is 500 g/mol. The van der Waals surface area contributed by atoms with Crippen LogP contribution in [-0.2, 0) is 4.79 Å². The molecule has 1 aromatic heterocycles. The Labute approximate surface area is 214 Å². The monoisotopic (exact) mass is 499 g/mol. The molecular weight excluding hydrogens is 472 g/mol. The number of benzene rings is 3. The summed E-state index contributed by atoms with van der Waals surface area (Å²) in [7, 11) is 0. The SMILES string of the molecule is CCN1C(=O)[C@@H](CC(=O)c2cc(C)cc(F)c2)[C@@H](c2ccc(F)cc2)c2c(C)nn(-c3ccccc3)c21. The molecule has 2 heterocycles. The zero-order chi connectivity index (χ0) is 26.3. The Balaban J connectivity index is 1.68. The predicted octanol–water partition coefficient (Wildman–Crippen LogP) is 6.15. The number of fused-ring (bicyclic) bond motifs is 1. The molecule has 5 rings (SSSR count). The van der Waals surface area contributed by atoms with Crippen molar-refractivity contribution in [2.24, 2.45) is 5.92 Å². The molecule has 5 nitrogen and oxygen atoms in total. The second-order valence-electron chi connectivity index (χ2n) is 9.43. The Morgan fingerprint density at radius 1 is 0.946 bits per heavy atom. The minimum atomic E-state index is -0.763. The standard InChI is InChI=1S/C30H27F2N3O2/c1-4-34-29-27(19(3)33-35(29)24-8-6-5-7-9-24)28(20-10-12-22(31)13-11-20)25(30(34)37)17-26(36)21-14-18(2)15-23(32)16-21/h5-16,25,28H,4,17H2,1-3H3/t25-,28+/m0/s1. The maximum atomic E-state index is 14.1. The van der Waals surface area contributed by atoms with Crippen LogP contribution in [0.4, 0.5) is 14.6 Å². The summed E-state index contributed by atoms with van der Waals surface area (Å²) < 4.78 is 29.7. The number of hydrogen-bond donors (Lipinski definition) is 0. The van der Waals surface area contributed by atoms with E-state index >= 15 is 0 Å². The second-order valence-corrected chi connectivity index (χ2v) is 9.43. The highest BCUT2D eigenvalue weighted by Gasteiger charge is 2.45. The molecular formula is C30H27F2N3O2. The van der Waals surface area contributed by atoms with Gasteiger partial charge in [-0.05, 0) is 74.4 Å². The number of halogens is 2. The lowest BCUT2D eigenvalue weighted by Gasteiger charge is -2.38. The summed E-state index contributed by atoms with van der Waals surface area (Å²) in [5.41, 5.74) is 3.93. The summed E-state index contributed by atoms with van der Waals surface area (Å²) in [6.07, 6.45) is -0.115. The van der Waals surface area contributed by atoms with Crippen LogP contribution in [0.2, 0.25) is 0 Å². The number of aryl methyl sites for hydroxylation is 2. The van der Waals surface area contributed by atoms with Crippen molar-refractivity contribution in [3.63, 3.8) is 0 Å². The molecule has 0 aliphatic carbocycles. The van der Waals surface area contributed by atoms with E-state index in [1.165, 1.54) is 24.3 Å². The van der Waals surface area contributed by atoms with E-state index in [4.69, 9.17) is 5.10 Å². The van der Waals surface area contributed by atoms with Crippen molar-refractivity contribution in [3.8, 4) is 5.69 Å². The number of carbonyl (C=O) groups is 2. The molecule has 37 heavy (non-hydrogen) atoms. The van der Waals surface area contributed by atoms with Gasteiger partial charge in [-0.15, -0.1) is 0 Å². The number of Topliss-reactive ketones (excluding diaryl/α,β-unsaturated/α-hetero) is 1. The van der Waals surface area contributed by atoms with E-state index in [1.807, 2.05) is 44.2 Å². The summed E-state index contributed by atoms with van der Waals surface area (Å²) >= 11 is 0. The van der Waals surface area contributed by atoms with Crippen molar-refractivity contribution in [1.82, 2.24) is 9.78 Å². The Kier molecular flexibility index (Phi) is 6.46. The fourth-order valence-electron chi connectivity index (χ4n) is 5.34. The summed E-state index contributed by atoms with van der Waals surface area (Å²) in [5.74, 6) is -2.06. The second kappa shape index (κ2) is 9.73. The van der Waals surface area contributed by atoms with Crippen LogP contribution in [0.3, 0.4) is 0 Å². The number of anilines is 1. The largest absolute Gasteiger partial charge is 0.296 e. The fourth-order valence-corrected chi connectivity index (χ4v) is 5.34. The van der Waals surface area contributed by atoms with E-state index < -0.39 is 17.7 Å². The number of rotatable bonds is 6. The first-order chi connectivity index (χ1) is 17.8. The maximum absolute atomic E-state index is 14.1. The van der Waals surface area contributed by atoms with Crippen LogP contribution in [-0.4, -0.2) is 28.0 Å². The van der Waals surface area contributed by atoms with Gasteiger partial charge >= 0.3 is 0 Å². The van der Waals surface area contributed by atoms with Gasteiger partial charge in [-0.1, -0.05) is 30.3 Å². The van der Waals surface area contributed by atoms with Crippen molar-refractivity contribution < 1.29 is 18.4 Å². The highest BCUT2D eigenvalue weighted by molar-refractivity contribution is 6.04. The van der Waals surface area contributed by atoms with Gasteiger partial charge in [0.2, 0.25) is 5.91 Å². The molecule has 1 amide bonds. The van der Waals surface area contributed by atoms with Crippen molar-refractivity contribution in [1.29, 1.82) is 0 Å². The van der Waals surface area contributed by atoms with Gasteiger partial charge in [-0.2, -0.15) is 5.10 Å². The van der Waals surface area contributed by atoms with Crippen molar-refractivity contribution >= 4 is 17.5 Å². The van der Waals surface area contributed by atoms with E-state index in [0.29, 0.717) is 17.9 Å². The van der Waals surface area contributed by atoms with Gasteiger partial charge < -0.3 is 0 Å². The normalized spacial score (nSPS) is 17.1. The van der Waals surface area contributed by atoms with Gasteiger partial charge in [-0.3, -0.25) is 14.5 Å². The van der Waals surface area contributed by atoms with Crippen LogP contribution in [0.1, 0.15) is 52.0 Å². The number of para-hydroxylation sites is 1. The predicted molar refractivity (Wildman–Crippen MR) is 138 cm³/mol. The minimum Gasteiger partial charge on any atom is -0.296 e. The third kappa shape index (κ3) is 4.46. The molecule has 0 fully saturated rings. The van der Waals surface area contributed by atoms with Gasteiger partial charge in [0.25, 0.3) is 0 Å². The van der Waals surface area contributed by atoms with E-state index in [0.717, 1.165) is 22.5 Å². The number of hydrogen-bond acceptors (Lipinski definition) is 3. The molecule has 0 unspecified atom stereocenters. The van der Waals surface area contributed by atoms with Crippen LogP contribution < -0.4 is 4.90 Å². The van der Waals surface area contributed by atoms with E-state index in [9.17, 15) is 18.4 Å². The van der Waals surface area contributed by atoms with E-state index in [2.05, 4.69) is 0 Å². The summed E-state index contributed by atoms with van der Waals surface area (Å²) in [6, 6.07) is 19.8. The number of aromatic nitrogens is 2. The molecule has 0 N–H and O–H groups in total. The number of ketones is 1. The first-order valence-corrected chi connectivity index (χ1v) is 12.3. The van der Waals surface area contributed by atoms with Gasteiger partial charge in [0, 0.05) is 30.0 Å². The summed E-state index contributed by atoms with van der Waals surface area (Å²) in [6.45, 7) is 5.86. The van der Waals surface area contributed by atoms with Gasteiger partial charge in [0.15, 0.2) is 5.78 Å². The minimum absolute atomic E-state index is 0.115. The highest BCUT2D eigenvalue weighted by atomic mass is 19.1. The molecule has 0 saturated heterocycles. The van der Waals surface area contributed by atoms with Crippen LogP contribution in [0.25, 0.3) is 5.69 Å². The average Bonchev–Trinajstić information content (AvgIpc) is 3.21. The molecule has 1 aliphatic heterocycles. The van der Waals surface area contributed by atoms with Crippen molar-refractivity contribution in [2.75, 3.05) is 11.4 Å². The Morgan fingerprint density at radius 3 is 2.30 bits per heavy atom. The van der Waals surface area contributed by atoms with Crippen LogP contribution in [0, 0.1) is 31.4 Å². The maximum Gasteiger partial charge on any atom is 0.232 e. The number of amides is 1. The van der Waals surface area contributed by atoms with Crippen LogP contribution in [0.15, 0.2) is 72.8 Å². The zero-order valence-corrected chi connectivity index (χ0v) is 20.9. The lowest BCUT2D eigenvalue weighted by atomic mass is 9.74. The molecule has 188 valence electrons. The molecule has 1 aliphatic rings. The van der Waals surface area contributed by atoms with Crippen LogP contribution >= 0.6 is 0 Å². The zero-order valence-electron chi connectivity index (χ0n) is 20.9. The molecule has 2 atom stereocenters. The Morgan fingerprint density at radius 2 is 1.65 bits per heavy atom. The van der Waals surface area contributed by atoms with E-state index in [-0.39, 0.29) is 29.5 Å². The molecule has 0 spiro atoms. The van der Waals surface area contributed by atoms with Crippen molar-refractivity contribution in [2.45, 2.75) is 33.1 Å². The Hall–Kier alpha value is -4.13. The first-order valence-electron chi connectivity index (χ1n) is 12.3. The van der Waals surface area contributed by atoms with Crippen molar-refractivity contribution in [3.05, 3.63) is 112 Å². The number of carbonyl (C=O) groups excluding carboxylic acids is 2. The van der Waals surface area contributed by atoms with Crippen LogP contribution in [0.5, 0.6) is 0 Å². The first kappa shape index (κ1) is 24.6. The lowest BCUT2D eigenvalue weighted by molar-refractivity contribution is -0.123.